The van der Waals surface area contributed by atoms with Crippen molar-refractivity contribution in [2.75, 3.05) is 12.4 Å². The molecule has 0 aliphatic carbocycles. The lowest BCUT2D eigenvalue weighted by Crippen LogP contribution is -2.03. The van der Waals surface area contributed by atoms with Crippen molar-refractivity contribution < 1.29 is 14.6 Å². The monoisotopic (exact) mass is 292 g/mol. The van der Waals surface area contributed by atoms with Gasteiger partial charge in [-0.1, -0.05) is 6.92 Å². The molecule has 2 N–H and O–H groups in total. The van der Waals surface area contributed by atoms with Gasteiger partial charge in [-0.3, -0.25) is 0 Å². The van der Waals surface area contributed by atoms with Gasteiger partial charge in [0.15, 0.2) is 0 Å². The van der Waals surface area contributed by atoms with Gasteiger partial charge in [0.25, 0.3) is 0 Å². The van der Waals surface area contributed by atoms with Gasteiger partial charge in [0.2, 0.25) is 0 Å². The molecule has 6 heteroatoms. The van der Waals surface area contributed by atoms with E-state index in [1.54, 1.807) is 30.6 Å². The van der Waals surface area contributed by atoms with E-state index < -0.39 is 5.97 Å². The Morgan fingerprint density at radius 2 is 2.30 bits per heavy atom. The summed E-state index contributed by atoms with van der Waals surface area (Å²) in [6.07, 6.45) is 2.76. The van der Waals surface area contributed by atoms with Crippen LogP contribution < -0.4 is 10.1 Å². The maximum absolute atomic E-state index is 11.0. The minimum Gasteiger partial charge on any atom is -0.495 e. The summed E-state index contributed by atoms with van der Waals surface area (Å²) in [5.74, 6) is -0.336. The zero-order valence-electron chi connectivity index (χ0n) is 11.3. The standard InChI is InChI=1S/C14H16N2O3S/c1-3-13-16-8-10(20-13)7-15-11-6-9(14(17)18)4-5-12(11)19-2/h4-6,8,15H,3,7H2,1-2H3,(H,17,18). The minimum absolute atomic E-state index is 0.229. The quantitative estimate of drug-likeness (QED) is 0.856. The van der Waals surface area contributed by atoms with Crippen molar-refractivity contribution in [3.05, 3.63) is 39.8 Å². The molecule has 0 aliphatic heterocycles. The molecule has 0 saturated heterocycles. The number of nitrogens with zero attached hydrogens (tertiary/aromatic N) is 1. The molecule has 0 spiro atoms. The molecule has 2 rings (SSSR count). The SMILES string of the molecule is CCc1ncc(CNc2cc(C(=O)O)ccc2OC)s1. The number of rotatable bonds is 6. The molecule has 106 valence electrons. The van der Waals surface area contributed by atoms with E-state index in [2.05, 4.69) is 17.2 Å². The normalized spacial score (nSPS) is 10.3. The first-order valence-corrected chi connectivity index (χ1v) is 7.04. The highest BCUT2D eigenvalue weighted by Gasteiger charge is 2.09. The second-order valence-corrected chi connectivity index (χ2v) is 5.35. The number of carboxylic acid groups (broad SMARTS) is 1. The van der Waals surface area contributed by atoms with Crippen LogP contribution in [0.5, 0.6) is 5.75 Å². The first-order valence-electron chi connectivity index (χ1n) is 6.22. The third kappa shape index (κ3) is 3.27. The lowest BCUT2D eigenvalue weighted by molar-refractivity contribution is 0.0697. The first kappa shape index (κ1) is 14.3. The van der Waals surface area contributed by atoms with Crippen molar-refractivity contribution in [1.82, 2.24) is 4.98 Å². The molecule has 5 nitrogen and oxygen atoms in total. The Hall–Kier alpha value is -2.08. The number of methoxy groups -OCH3 is 1. The lowest BCUT2D eigenvalue weighted by Gasteiger charge is -2.11. The largest absolute Gasteiger partial charge is 0.495 e. The van der Waals surface area contributed by atoms with E-state index in [0.717, 1.165) is 16.3 Å². The zero-order chi connectivity index (χ0) is 14.5. The number of aromatic nitrogens is 1. The molecule has 1 heterocycles. The number of anilines is 1. The highest BCUT2D eigenvalue weighted by molar-refractivity contribution is 7.11. The summed E-state index contributed by atoms with van der Waals surface area (Å²) in [5, 5.41) is 13.3. The summed E-state index contributed by atoms with van der Waals surface area (Å²) in [7, 11) is 1.56. The van der Waals surface area contributed by atoms with Gasteiger partial charge < -0.3 is 15.2 Å². The van der Waals surface area contributed by atoms with Crippen LogP contribution in [0.2, 0.25) is 0 Å². The van der Waals surface area contributed by atoms with E-state index >= 15 is 0 Å². The van der Waals surface area contributed by atoms with Gasteiger partial charge in [-0.15, -0.1) is 11.3 Å². The number of carbonyl (C=O) groups is 1. The number of nitrogens with one attached hydrogen (secondary N) is 1. The molecule has 0 amide bonds. The molecule has 0 bridgehead atoms. The average molecular weight is 292 g/mol. The fourth-order valence-corrected chi connectivity index (χ4v) is 2.56. The van der Waals surface area contributed by atoms with Crippen LogP contribution in [-0.2, 0) is 13.0 Å². The second kappa shape index (κ2) is 6.38. The third-order valence-electron chi connectivity index (χ3n) is 2.80. The van der Waals surface area contributed by atoms with Crippen LogP contribution in [0.25, 0.3) is 0 Å². The highest BCUT2D eigenvalue weighted by atomic mass is 32.1. The molecule has 0 unspecified atom stereocenters. The number of aromatic carboxylic acids is 1. The number of carboxylic acids is 1. The summed E-state index contributed by atoms with van der Waals surface area (Å²) in [5.41, 5.74) is 0.894. The molecular weight excluding hydrogens is 276 g/mol. The summed E-state index contributed by atoms with van der Waals surface area (Å²) in [6, 6.07) is 4.74. The maximum atomic E-state index is 11.0. The van der Waals surface area contributed by atoms with E-state index in [9.17, 15) is 4.79 Å². The Labute approximate surface area is 121 Å². The van der Waals surface area contributed by atoms with Crippen LogP contribution in [0.3, 0.4) is 0 Å². The topological polar surface area (TPSA) is 71.5 Å². The van der Waals surface area contributed by atoms with Crippen LogP contribution >= 0.6 is 11.3 Å². The Balaban J connectivity index is 2.14. The Morgan fingerprint density at radius 3 is 2.90 bits per heavy atom. The van der Waals surface area contributed by atoms with E-state index in [1.807, 2.05) is 6.20 Å². The highest BCUT2D eigenvalue weighted by Crippen LogP contribution is 2.26. The van der Waals surface area contributed by atoms with Crippen molar-refractivity contribution in [2.45, 2.75) is 19.9 Å². The molecule has 0 atom stereocenters. The number of aryl methyl sites for hydroxylation is 1. The van der Waals surface area contributed by atoms with Crippen molar-refractivity contribution >= 4 is 23.0 Å². The fourth-order valence-electron chi connectivity index (χ4n) is 1.75. The van der Waals surface area contributed by atoms with Crippen LogP contribution in [0.15, 0.2) is 24.4 Å². The van der Waals surface area contributed by atoms with Crippen LogP contribution in [0.1, 0.15) is 27.2 Å². The van der Waals surface area contributed by atoms with Crippen LogP contribution in [0, 0.1) is 0 Å². The summed E-state index contributed by atoms with van der Waals surface area (Å²) < 4.78 is 5.23. The number of hydrogen-bond acceptors (Lipinski definition) is 5. The molecule has 20 heavy (non-hydrogen) atoms. The summed E-state index contributed by atoms with van der Waals surface area (Å²) >= 11 is 1.65. The Morgan fingerprint density at radius 1 is 1.50 bits per heavy atom. The third-order valence-corrected chi connectivity index (χ3v) is 3.95. The lowest BCUT2D eigenvalue weighted by atomic mass is 10.2. The van der Waals surface area contributed by atoms with Gasteiger partial charge in [0.05, 0.1) is 29.9 Å². The van der Waals surface area contributed by atoms with E-state index in [0.29, 0.717) is 18.0 Å². The van der Waals surface area contributed by atoms with Crippen molar-refractivity contribution in [2.24, 2.45) is 0 Å². The first-order chi connectivity index (χ1) is 9.63. The van der Waals surface area contributed by atoms with Crippen molar-refractivity contribution in [1.29, 1.82) is 0 Å². The van der Waals surface area contributed by atoms with Gasteiger partial charge in [-0.05, 0) is 24.6 Å². The smallest absolute Gasteiger partial charge is 0.335 e. The molecule has 1 aromatic heterocycles. The maximum Gasteiger partial charge on any atom is 0.335 e. The summed E-state index contributed by atoms with van der Waals surface area (Å²) in [4.78, 5) is 16.4. The second-order valence-electron chi connectivity index (χ2n) is 4.15. The molecule has 0 saturated carbocycles. The van der Waals surface area contributed by atoms with Crippen molar-refractivity contribution in [3.8, 4) is 5.75 Å². The van der Waals surface area contributed by atoms with E-state index in [1.165, 1.54) is 6.07 Å². The van der Waals surface area contributed by atoms with E-state index in [-0.39, 0.29) is 5.56 Å². The number of ether oxygens (including phenoxy) is 1. The summed E-state index contributed by atoms with van der Waals surface area (Å²) in [6.45, 7) is 2.66. The van der Waals surface area contributed by atoms with Gasteiger partial charge in [-0.2, -0.15) is 0 Å². The minimum atomic E-state index is -0.957. The van der Waals surface area contributed by atoms with Crippen LogP contribution in [-0.4, -0.2) is 23.2 Å². The van der Waals surface area contributed by atoms with Gasteiger partial charge >= 0.3 is 5.97 Å². The fraction of sp³-hybridized carbons (Fsp3) is 0.286. The van der Waals surface area contributed by atoms with Gasteiger partial charge in [0.1, 0.15) is 5.75 Å². The van der Waals surface area contributed by atoms with Gasteiger partial charge in [0, 0.05) is 11.1 Å². The predicted molar refractivity (Wildman–Crippen MR) is 78.8 cm³/mol. The number of benzene rings is 1. The van der Waals surface area contributed by atoms with Gasteiger partial charge in [-0.25, -0.2) is 9.78 Å². The molecule has 2 aromatic rings. The molecule has 0 aliphatic rings. The Kier molecular flexibility index (Phi) is 4.57. The van der Waals surface area contributed by atoms with E-state index in [4.69, 9.17) is 9.84 Å². The number of hydrogen-bond donors (Lipinski definition) is 2. The molecular formula is C14H16N2O3S. The number of thiazole rings is 1. The zero-order valence-corrected chi connectivity index (χ0v) is 12.2. The van der Waals surface area contributed by atoms with Crippen LogP contribution in [0.4, 0.5) is 5.69 Å². The predicted octanol–water partition coefficient (Wildman–Crippen LogP) is 3.02. The molecule has 0 radical (unpaired) electrons. The Bertz CT molecular complexity index is 610. The average Bonchev–Trinajstić information content (AvgIpc) is 2.92. The molecule has 0 fully saturated rings. The van der Waals surface area contributed by atoms with Crippen molar-refractivity contribution in [3.63, 3.8) is 0 Å². The molecule has 1 aromatic carbocycles.